The summed E-state index contributed by atoms with van der Waals surface area (Å²) in [6.07, 6.45) is 0. The molecule has 0 aromatic heterocycles. The van der Waals surface area contributed by atoms with E-state index in [-0.39, 0.29) is 25.4 Å². The largest absolute Gasteiger partial charge is 0.465 e. The topological polar surface area (TPSA) is 78.9 Å². The summed E-state index contributed by atoms with van der Waals surface area (Å²) < 4.78 is 14.6. The molecule has 0 unspecified atom stereocenters. The van der Waals surface area contributed by atoms with Crippen LogP contribution in [0.5, 0.6) is 0 Å². The van der Waals surface area contributed by atoms with Gasteiger partial charge in [-0.1, -0.05) is 15.9 Å². The van der Waals surface area contributed by atoms with Crippen LogP contribution >= 0.6 is 15.9 Å². The molecule has 0 saturated carbocycles. The molecule has 0 aromatic rings. The van der Waals surface area contributed by atoms with E-state index in [2.05, 4.69) is 15.9 Å². The number of esters is 3. The molecule has 0 saturated heterocycles. The van der Waals surface area contributed by atoms with Gasteiger partial charge in [0, 0.05) is 0 Å². The maximum Gasteiger partial charge on any atom is 0.336 e. The first-order valence-corrected chi connectivity index (χ1v) is 7.13. The van der Waals surface area contributed by atoms with Gasteiger partial charge in [-0.25, -0.2) is 4.79 Å². The van der Waals surface area contributed by atoms with Crippen molar-refractivity contribution in [2.24, 2.45) is 5.41 Å². The third-order valence-corrected chi connectivity index (χ3v) is 2.97. The molecule has 0 radical (unpaired) electrons. The van der Waals surface area contributed by atoms with Crippen molar-refractivity contribution in [3.05, 3.63) is 10.6 Å². The Kier molecular flexibility index (Phi) is 8.13. The van der Waals surface area contributed by atoms with E-state index in [0.717, 1.165) is 0 Å². The highest BCUT2D eigenvalue weighted by atomic mass is 79.9. The summed E-state index contributed by atoms with van der Waals surface area (Å²) in [6.45, 7) is 6.36. The fourth-order valence-electron chi connectivity index (χ4n) is 1.42. The van der Waals surface area contributed by atoms with Crippen LogP contribution < -0.4 is 0 Å². The van der Waals surface area contributed by atoms with Crippen molar-refractivity contribution in [2.75, 3.05) is 19.8 Å². The Morgan fingerprint density at radius 3 is 1.65 bits per heavy atom. The molecule has 20 heavy (non-hydrogen) atoms. The second-order valence-corrected chi connectivity index (χ2v) is 4.27. The number of rotatable bonds is 7. The number of carbonyl (C=O) groups is 3. The van der Waals surface area contributed by atoms with Gasteiger partial charge in [0.1, 0.15) is 0 Å². The van der Waals surface area contributed by atoms with Crippen molar-refractivity contribution in [2.45, 2.75) is 27.7 Å². The van der Waals surface area contributed by atoms with E-state index in [1.54, 1.807) is 20.8 Å². The Hall–Kier alpha value is -1.37. The van der Waals surface area contributed by atoms with Crippen LogP contribution in [0.3, 0.4) is 0 Å². The van der Waals surface area contributed by atoms with Crippen LogP contribution in [-0.4, -0.2) is 37.7 Å². The van der Waals surface area contributed by atoms with Crippen LogP contribution in [0, 0.1) is 5.41 Å². The molecule has 7 heteroatoms. The molecule has 0 heterocycles. The van der Waals surface area contributed by atoms with E-state index >= 15 is 0 Å². The lowest BCUT2D eigenvalue weighted by Gasteiger charge is -2.26. The number of carbonyl (C=O) groups excluding carboxylic acids is 3. The number of halogens is 1. The summed E-state index contributed by atoms with van der Waals surface area (Å²) in [5.41, 5.74) is -2.04. The molecule has 0 fully saturated rings. The second kappa shape index (κ2) is 8.73. The van der Waals surface area contributed by atoms with Crippen molar-refractivity contribution < 1.29 is 28.6 Å². The molecule has 0 atom stereocenters. The van der Waals surface area contributed by atoms with Gasteiger partial charge in [-0.05, 0) is 32.7 Å². The first-order chi connectivity index (χ1) is 9.39. The lowest BCUT2D eigenvalue weighted by atomic mass is 9.82. The average molecular weight is 351 g/mol. The minimum atomic E-state index is -1.87. The molecule has 0 aromatic carbocycles. The summed E-state index contributed by atoms with van der Waals surface area (Å²) in [7, 11) is 0. The fourth-order valence-corrected chi connectivity index (χ4v) is 2.07. The Labute approximate surface area is 126 Å². The van der Waals surface area contributed by atoms with Crippen LogP contribution in [0.2, 0.25) is 0 Å². The van der Waals surface area contributed by atoms with Gasteiger partial charge in [0.05, 0.1) is 25.4 Å². The molecule has 0 N–H and O–H groups in total. The summed E-state index contributed by atoms with van der Waals surface area (Å²) >= 11 is 2.98. The van der Waals surface area contributed by atoms with E-state index in [9.17, 15) is 14.4 Å². The molecule has 0 bridgehead atoms. The number of ether oxygens (including phenoxy) is 3. The molecule has 0 aliphatic rings. The van der Waals surface area contributed by atoms with Crippen LogP contribution in [0.25, 0.3) is 0 Å². The van der Waals surface area contributed by atoms with E-state index in [4.69, 9.17) is 14.2 Å². The average Bonchev–Trinajstić information content (AvgIpc) is 2.40. The first kappa shape index (κ1) is 18.6. The maximum atomic E-state index is 12.1. The summed E-state index contributed by atoms with van der Waals surface area (Å²) in [4.78, 5) is 37.3. The Bertz CT molecular complexity index is 384. The molecule has 0 amide bonds. The smallest absolute Gasteiger partial charge is 0.336 e. The van der Waals surface area contributed by atoms with Crippen molar-refractivity contribution in [3.8, 4) is 0 Å². The zero-order valence-corrected chi connectivity index (χ0v) is 13.6. The van der Waals surface area contributed by atoms with E-state index in [1.807, 2.05) is 0 Å². The molecular formula is C13H19BrO6. The summed E-state index contributed by atoms with van der Waals surface area (Å²) in [6, 6.07) is 0. The third-order valence-electron chi connectivity index (χ3n) is 2.51. The molecule has 6 nitrogen and oxygen atoms in total. The Morgan fingerprint density at radius 1 is 0.950 bits per heavy atom. The molecule has 0 spiro atoms. The normalized spacial score (nSPS) is 11.8. The summed E-state index contributed by atoms with van der Waals surface area (Å²) in [5, 5.41) is 0. The molecule has 0 aliphatic heterocycles. The highest BCUT2D eigenvalue weighted by Crippen LogP contribution is 2.32. The van der Waals surface area contributed by atoms with Crippen molar-refractivity contribution >= 4 is 33.8 Å². The van der Waals surface area contributed by atoms with Gasteiger partial charge in [0.25, 0.3) is 0 Å². The third kappa shape index (κ3) is 4.06. The van der Waals surface area contributed by atoms with E-state index < -0.39 is 23.3 Å². The first-order valence-electron chi connectivity index (χ1n) is 6.22. The monoisotopic (exact) mass is 350 g/mol. The van der Waals surface area contributed by atoms with Gasteiger partial charge in [-0.3, -0.25) is 9.59 Å². The molecule has 114 valence electrons. The van der Waals surface area contributed by atoms with Crippen molar-refractivity contribution in [1.82, 2.24) is 0 Å². The van der Waals surface area contributed by atoms with Crippen molar-refractivity contribution in [3.63, 3.8) is 0 Å². The van der Waals surface area contributed by atoms with Crippen LogP contribution in [-0.2, 0) is 28.6 Å². The van der Waals surface area contributed by atoms with Gasteiger partial charge in [0.2, 0.25) is 0 Å². The predicted octanol–water partition coefficient (Wildman–Crippen LogP) is 1.96. The standard InChI is InChI=1S/C13H19BrO6/c1-5-18-10(15)9(8-14)13(4,11(16)19-6-2)12(17)20-7-3/h8H,5-7H2,1-4H3/b9-8-. The van der Waals surface area contributed by atoms with E-state index in [1.165, 1.54) is 11.9 Å². The van der Waals surface area contributed by atoms with Crippen molar-refractivity contribution in [1.29, 1.82) is 0 Å². The second-order valence-electron chi connectivity index (χ2n) is 3.81. The van der Waals surface area contributed by atoms with Crippen LogP contribution in [0.15, 0.2) is 10.6 Å². The zero-order chi connectivity index (χ0) is 15.8. The van der Waals surface area contributed by atoms with Gasteiger partial charge < -0.3 is 14.2 Å². The number of hydrogen-bond donors (Lipinski definition) is 0. The predicted molar refractivity (Wildman–Crippen MR) is 75.0 cm³/mol. The lowest BCUT2D eigenvalue weighted by molar-refractivity contribution is -0.170. The number of hydrogen-bond acceptors (Lipinski definition) is 6. The van der Waals surface area contributed by atoms with Crippen LogP contribution in [0.4, 0.5) is 0 Å². The fraction of sp³-hybridized carbons (Fsp3) is 0.615. The Morgan fingerprint density at radius 2 is 1.35 bits per heavy atom. The SMILES string of the molecule is CCOC(=O)/C(=C/Br)C(C)(C(=O)OCC)C(=O)OCC. The highest BCUT2D eigenvalue weighted by molar-refractivity contribution is 9.11. The Balaban J connectivity index is 5.66. The lowest BCUT2D eigenvalue weighted by Crippen LogP contribution is -2.43. The van der Waals surface area contributed by atoms with Gasteiger partial charge >= 0.3 is 17.9 Å². The highest BCUT2D eigenvalue weighted by Gasteiger charge is 2.50. The molecule has 0 rings (SSSR count). The molecule has 0 aliphatic carbocycles. The minimum absolute atomic E-state index is 0.0756. The van der Waals surface area contributed by atoms with Gasteiger partial charge in [-0.2, -0.15) is 0 Å². The quantitative estimate of drug-likeness (QED) is 0.302. The maximum absolute atomic E-state index is 12.1. The zero-order valence-electron chi connectivity index (χ0n) is 12.0. The summed E-state index contributed by atoms with van der Waals surface area (Å²) in [5.74, 6) is -2.51. The van der Waals surface area contributed by atoms with E-state index in [0.29, 0.717) is 0 Å². The van der Waals surface area contributed by atoms with Gasteiger partial charge in [-0.15, -0.1) is 0 Å². The minimum Gasteiger partial charge on any atom is -0.465 e. The molecular weight excluding hydrogens is 332 g/mol. The van der Waals surface area contributed by atoms with Crippen LogP contribution in [0.1, 0.15) is 27.7 Å². The van der Waals surface area contributed by atoms with Gasteiger partial charge in [0.15, 0.2) is 5.41 Å².